The second-order valence-electron chi connectivity index (χ2n) is 8.53. The molecule has 7 nitrogen and oxygen atoms in total. The molecule has 0 radical (unpaired) electrons. The van der Waals surface area contributed by atoms with Crippen LogP contribution in [0.15, 0.2) is 83.8 Å². The van der Waals surface area contributed by atoms with E-state index >= 15 is 0 Å². The molecule has 0 unspecified atom stereocenters. The summed E-state index contributed by atoms with van der Waals surface area (Å²) in [5.74, 6) is -2.10. The van der Waals surface area contributed by atoms with Crippen molar-refractivity contribution in [2.45, 2.75) is 42.4 Å². The average Bonchev–Trinajstić information content (AvgIpc) is 2.83. The van der Waals surface area contributed by atoms with E-state index < -0.39 is 56.2 Å². The first-order chi connectivity index (χ1) is 16.9. The lowest BCUT2D eigenvalue weighted by Gasteiger charge is -2.42. The van der Waals surface area contributed by atoms with E-state index in [4.69, 9.17) is 0 Å². The zero-order chi connectivity index (χ0) is 26.3. The predicted molar refractivity (Wildman–Crippen MR) is 126 cm³/mol. The van der Waals surface area contributed by atoms with Crippen molar-refractivity contribution < 1.29 is 31.3 Å². The van der Waals surface area contributed by atoms with Gasteiger partial charge in [-0.25, -0.2) is 12.7 Å². The van der Waals surface area contributed by atoms with Crippen LogP contribution in [0.25, 0.3) is 0 Å². The summed E-state index contributed by atoms with van der Waals surface area (Å²) in [6.07, 6.45) is -5.91. The number of Topliss-reactive ketones (excluding diaryl/α,β-unsaturated/α-hetero) is 1. The largest absolute Gasteiger partial charge is 0.416 e. The molecule has 0 spiro atoms. The standard InChI is InChI=1S/C25H21F3N2O5S/c1-16-11-13-18(14-12-16)36(34,35)29-21-10-6-5-9-19(21)20(15-22(31)17-7-3-2-4-8-17)23(30(32)33)24(29)25(26,27)28/h2-14,20,23-24H,15H2,1H3/t20-,23+,24+/m0/s1. The topological polar surface area (TPSA) is 97.6 Å². The third-order valence-electron chi connectivity index (χ3n) is 6.22. The van der Waals surface area contributed by atoms with Gasteiger partial charge in [-0.1, -0.05) is 66.2 Å². The first kappa shape index (κ1) is 25.4. The number of sulfonamides is 1. The SMILES string of the molecule is Cc1ccc(S(=O)(=O)N2c3ccccc3[C@H](CC(=O)c3ccccc3)[C@@H]([N+](=O)[O-])[C@@H]2C(F)(F)F)cc1. The molecular formula is C25H21F3N2O5S. The van der Waals surface area contributed by atoms with Gasteiger partial charge in [-0.2, -0.15) is 13.2 Å². The summed E-state index contributed by atoms with van der Waals surface area (Å²) in [5, 5.41) is 12.2. The lowest BCUT2D eigenvalue weighted by Crippen LogP contribution is -2.62. The minimum Gasteiger partial charge on any atom is -0.294 e. The quantitative estimate of drug-likeness (QED) is 0.256. The van der Waals surface area contributed by atoms with Crippen molar-refractivity contribution in [3.63, 3.8) is 0 Å². The number of nitrogens with zero attached hydrogens (tertiary/aromatic N) is 2. The van der Waals surface area contributed by atoms with Crippen LogP contribution in [0.5, 0.6) is 0 Å². The number of aryl methyl sites for hydroxylation is 1. The number of carbonyl (C=O) groups is 1. The molecule has 0 aromatic heterocycles. The highest BCUT2D eigenvalue weighted by molar-refractivity contribution is 7.92. The summed E-state index contributed by atoms with van der Waals surface area (Å²) < 4.78 is 70.9. The number of benzene rings is 3. The third-order valence-corrected chi connectivity index (χ3v) is 8.03. The van der Waals surface area contributed by atoms with Crippen LogP contribution in [0.3, 0.4) is 0 Å². The average molecular weight is 519 g/mol. The van der Waals surface area contributed by atoms with E-state index in [2.05, 4.69) is 0 Å². The Morgan fingerprint density at radius 3 is 2.14 bits per heavy atom. The molecule has 0 amide bonds. The number of para-hydroxylation sites is 1. The molecule has 0 fully saturated rings. The van der Waals surface area contributed by atoms with Crippen molar-refractivity contribution in [3.05, 3.63) is 106 Å². The second-order valence-corrected chi connectivity index (χ2v) is 10.3. The van der Waals surface area contributed by atoms with Crippen LogP contribution in [0, 0.1) is 17.0 Å². The molecular weight excluding hydrogens is 497 g/mol. The van der Waals surface area contributed by atoms with Gasteiger partial charge < -0.3 is 0 Å². The molecule has 0 aliphatic carbocycles. The minimum atomic E-state index is -5.31. The molecule has 0 bridgehead atoms. The fourth-order valence-electron chi connectivity index (χ4n) is 4.56. The van der Waals surface area contributed by atoms with E-state index in [-0.39, 0.29) is 21.1 Å². The van der Waals surface area contributed by atoms with Gasteiger partial charge in [0, 0.05) is 16.9 Å². The number of anilines is 1. The number of halogens is 3. The van der Waals surface area contributed by atoms with Crippen LogP contribution in [-0.2, 0) is 10.0 Å². The second kappa shape index (κ2) is 9.38. The van der Waals surface area contributed by atoms with Gasteiger partial charge in [-0.3, -0.25) is 14.9 Å². The highest BCUT2D eigenvalue weighted by Crippen LogP contribution is 2.48. The molecule has 36 heavy (non-hydrogen) atoms. The molecule has 188 valence electrons. The molecule has 1 aliphatic heterocycles. The molecule has 0 saturated carbocycles. The summed E-state index contributed by atoms with van der Waals surface area (Å²) in [6.45, 7) is 1.68. The van der Waals surface area contributed by atoms with Gasteiger partial charge in [0.1, 0.15) is 0 Å². The van der Waals surface area contributed by atoms with Crippen LogP contribution in [0.2, 0.25) is 0 Å². The van der Waals surface area contributed by atoms with E-state index in [0.717, 1.165) is 12.1 Å². The van der Waals surface area contributed by atoms with E-state index in [0.29, 0.717) is 5.56 Å². The molecule has 3 aromatic rings. The molecule has 3 atom stereocenters. The van der Waals surface area contributed by atoms with Gasteiger partial charge in [0.05, 0.1) is 16.5 Å². The Balaban J connectivity index is 1.93. The first-order valence-electron chi connectivity index (χ1n) is 10.9. The number of ketones is 1. The number of rotatable bonds is 6. The van der Waals surface area contributed by atoms with E-state index in [1.54, 1.807) is 25.1 Å². The van der Waals surface area contributed by atoms with Crippen molar-refractivity contribution >= 4 is 21.5 Å². The molecule has 0 N–H and O–H groups in total. The summed E-state index contributed by atoms with van der Waals surface area (Å²) >= 11 is 0. The normalized spacial score (nSPS) is 20.0. The number of nitro groups is 1. The van der Waals surface area contributed by atoms with Gasteiger partial charge in [-0.15, -0.1) is 0 Å². The fourth-order valence-corrected chi connectivity index (χ4v) is 6.23. The smallest absolute Gasteiger partial charge is 0.294 e. The Bertz CT molecular complexity index is 1390. The van der Waals surface area contributed by atoms with Gasteiger partial charge in [0.2, 0.25) is 6.04 Å². The molecule has 1 heterocycles. The summed E-state index contributed by atoms with van der Waals surface area (Å²) in [4.78, 5) is 23.6. The summed E-state index contributed by atoms with van der Waals surface area (Å²) in [6, 6.07) is 12.7. The Morgan fingerprint density at radius 2 is 1.56 bits per heavy atom. The maximum Gasteiger partial charge on any atom is 0.416 e. The first-order valence-corrected chi connectivity index (χ1v) is 12.4. The number of hydrogen-bond donors (Lipinski definition) is 0. The van der Waals surface area contributed by atoms with E-state index in [1.165, 1.54) is 48.5 Å². The van der Waals surface area contributed by atoms with Crippen molar-refractivity contribution in [1.82, 2.24) is 0 Å². The maximum atomic E-state index is 14.5. The molecule has 11 heteroatoms. The zero-order valence-corrected chi connectivity index (χ0v) is 19.7. The predicted octanol–water partition coefficient (Wildman–Crippen LogP) is 5.14. The summed E-state index contributed by atoms with van der Waals surface area (Å²) in [7, 11) is -4.87. The third kappa shape index (κ3) is 4.58. The van der Waals surface area contributed by atoms with E-state index in [9.17, 15) is 36.5 Å². The van der Waals surface area contributed by atoms with Crippen molar-refractivity contribution in [2.24, 2.45) is 0 Å². The van der Waals surface area contributed by atoms with E-state index in [1.807, 2.05) is 0 Å². The monoisotopic (exact) mass is 518 g/mol. The molecule has 0 saturated heterocycles. The van der Waals surface area contributed by atoms with Crippen LogP contribution >= 0.6 is 0 Å². The Morgan fingerprint density at radius 1 is 0.972 bits per heavy atom. The lowest BCUT2D eigenvalue weighted by atomic mass is 9.78. The Labute approximate surface area is 205 Å². The minimum absolute atomic E-state index is 0.0142. The highest BCUT2D eigenvalue weighted by Gasteiger charge is 2.63. The zero-order valence-electron chi connectivity index (χ0n) is 18.9. The van der Waals surface area contributed by atoms with Crippen molar-refractivity contribution in [3.8, 4) is 0 Å². The van der Waals surface area contributed by atoms with Crippen LogP contribution < -0.4 is 4.31 Å². The van der Waals surface area contributed by atoms with Gasteiger partial charge in [-0.05, 0) is 30.7 Å². The highest BCUT2D eigenvalue weighted by atomic mass is 32.2. The Hall–Kier alpha value is -3.73. The number of alkyl halides is 3. The van der Waals surface area contributed by atoms with Crippen LogP contribution in [-0.4, -0.2) is 37.4 Å². The molecule has 4 rings (SSSR count). The van der Waals surface area contributed by atoms with Crippen LogP contribution in [0.4, 0.5) is 18.9 Å². The van der Waals surface area contributed by atoms with Crippen LogP contribution in [0.1, 0.15) is 33.8 Å². The lowest BCUT2D eigenvalue weighted by molar-refractivity contribution is -0.537. The van der Waals surface area contributed by atoms with Crippen molar-refractivity contribution in [2.75, 3.05) is 4.31 Å². The van der Waals surface area contributed by atoms with Crippen molar-refractivity contribution in [1.29, 1.82) is 0 Å². The van der Waals surface area contributed by atoms with Gasteiger partial charge in [0.15, 0.2) is 5.78 Å². The molecule has 3 aromatic carbocycles. The van der Waals surface area contributed by atoms with Gasteiger partial charge >= 0.3 is 6.18 Å². The molecule has 1 aliphatic rings. The number of fused-ring (bicyclic) bond motifs is 1. The Kier molecular flexibility index (Phi) is 6.61. The summed E-state index contributed by atoms with van der Waals surface area (Å²) in [5.41, 5.74) is 0.516. The number of carbonyl (C=O) groups excluding carboxylic acids is 1. The fraction of sp³-hybridized carbons (Fsp3) is 0.240. The number of hydrogen-bond acceptors (Lipinski definition) is 5. The maximum absolute atomic E-state index is 14.5. The van der Waals surface area contributed by atoms with Gasteiger partial charge in [0.25, 0.3) is 16.1 Å².